The van der Waals surface area contributed by atoms with E-state index in [1.165, 1.54) is 11.1 Å². The highest BCUT2D eigenvalue weighted by Crippen LogP contribution is 2.29. The lowest BCUT2D eigenvalue weighted by Gasteiger charge is -2.16. The molecule has 1 aromatic heterocycles. The average Bonchev–Trinajstić information content (AvgIpc) is 2.77. The third-order valence-electron chi connectivity index (χ3n) is 5.22. The second kappa shape index (κ2) is 9.77. The highest BCUT2D eigenvalue weighted by Gasteiger charge is 2.11. The number of aryl methyl sites for hydroxylation is 2. The van der Waals surface area contributed by atoms with Crippen molar-refractivity contribution in [1.29, 1.82) is 0 Å². The minimum atomic E-state index is -0.360. The van der Waals surface area contributed by atoms with Crippen molar-refractivity contribution >= 4 is 37.6 Å². The van der Waals surface area contributed by atoms with Gasteiger partial charge in [-0.2, -0.15) is 0 Å². The zero-order valence-electron chi connectivity index (χ0n) is 18.0. The Bertz CT molecular complexity index is 1200. The van der Waals surface area contributed by atoms with Crippen LogP contribution in [0.5, 0.6) is 0 Å². The minimum absolute atomic E-state index is 0.0255. The summed E-state index contributed by atoms with van der Waals surface area (Å²) in [5.41, 5.74) is 3.22. The first-order chi connectivity index (χ1) is 14.5. The van der Waals surface area contributed by atoms with E-state index in [4.69, 9.17) is 4.74 Å². The van der Waals surface area contributed by atoms with Gasteiger partial charge in [-0.15, -0.1) is 11.3 Å². The summed E-state index contributed by atoms with van der Waals surface area (Å²) >= 11 is 1.66. The second-order valence-electron chi connectivity index (χ2n) is 7.01. The fraction of sp³-hybridized carbons (Fsp3) is 0.360. The van der Waals surface area contributed by atoms with Crippen LogP contribution in [0.15, 0.2) is 35.1 Å². The molecule has 0 saturated carbocycles. The Balaban J connectivity index is 1.93. The summed E-state index contributed by atoms with van der Waals surface area (Å²) < 4.78 is 7.22. The standard InChI is InChI=1S/C25H27NO3S/c1-5-17-14-19(6-2)24-21(15-17)23(27)20-16-18(11-12-22(20)30-24)10-9-13-29-25(28)26(7-3)8-4/h11-12,14-16H,5-8,13H2,1-4H3. The molecule has 30 heavy (non-hydrogen) atoms. The third kappa shape index (κ3) is 4.49. The third-order valence-corrected chi connectivity index (χ3v) is 6.48. The van der Waals surface area contributed by atoms with Crippen LogP contribution in [0.25, 0.3) is 20.2 Å². The molecule has 5 heteroatoms. The van der Waals surface area contributed by atoms with Crippen LogP contribution in [0.3, 0.4) is 0 Å². The van der Waals surface area contributed by atoms with Crippen molar-refractivity contribution in [3.05, 3.63) is 57.2 Å². The van der Waals surface area contributed by atoms with Crippen molar-refractivity contribution < 1.29 is 9.53 Å². The van der Waals surface area contributed by atoms with Gasteiger partial charge in [0.1, 0.15) is 0 Å². The van der Waals surface area contributed by atoms with E-state index in [0.29, 0.717) is 18.5 Å². The molecule has 156 valence electrons. The van der Waals surface area contributed by atoms with E-state index in [1.54, 1.807) is 16.2 Å². The molecule has 1 amide bonds. The lowest BCUT2D eigenvalue weighted by molar-refractivity contribution is 0.118. The van der Waals surface area contributed by atoms with Crippen LogP contribution in [0.2, 0.25) is 0 Å². The topological polar surface area (TPSA) is 46.6 Å². The summed E-state index contributed by atoms with van der Waals surface area (Å²) in [4.78, 5) is 26.7. The zero-order valence-corrected chi connectivity index (χ0v) is 18.8. The van der Waals surface area contributed by atoms with Gasteiger partial charge in [-0.05, 0) is 62.1 Å². The number of hydrogen-bond donors (Lipinski definition) is 0. The number of amides is 1. The number of benzene rings is 2. The molecule has 0 aliphatic carbocycles. The maximum Gasteiger partial charge on any atom is 0.410 e. The number of carbonyl (C=O) groups is 1. The van der Waals surface area contributed by atoms with Gasteiger partial charge in [0, 0.05) is 38.8 Å². The number of hydrogen-bond acceptors (Lipinski definition) is 4. The second-order valence-corrected chi connectivity index (χ2v) is 8.06. The number of rotatable bonds is 5. The minimum Gasteiger partial charge on any atom is -0.436 e. The zero-order chi connectivity index (χ0) is 21.7. The summed E-state index contributed by atoms with van der Waals surface area (Å²) in [7, 11) is 0. The van der Waals surface area contributed by atoms with Crippen molar-refractivity contribution in [2.75, 3.05) is 19.7 Å². The Morgan fingerprint density at radius 3 is 2.47 bits per heavy atom. The molecule has 4 nitrogen and oxygen atoms in total. The maximum atomic E-state index is 13.2. The van der Waals surface area contributed by atoms with Crippen LogP contribution in [-0.4, -0.2) is 30.7 Å². The summed E-state index contributed by atoms with van der Waals surface area (Å²) in [6, 6.07) is 9.95. The van der Waals surface area contributed by atoms with Crippen LogP contribution >= 0.6 is 11.3 Å². The predicted octanol–water partition coefficient (Wildman–Crippen LogP) is 5.37. The molecular weight excluding hydrogens is 394 g/mol. The van der Waals surface area contributed by atoms with Gasteiger partial charge < -0.3 is 9.64 Å². The van der Waals surface area contributed by atoms with E-state index in [1.807, 2.05) is 38.1 Å². The molecule has 0 spiro atoms. The Labute approximate surface area is 181 Å². The molecule has 0 unspecified atom stereocenters. The van der Waals surface area contributed by atoms with Gasteiger partial charge in [-0.3, -0.25) is 4.79 Å². The molecule has 0 fully saturated rings. The first-order valence-corrected chi connectivity index (χ1v) is 11.3. The number of fused-ring (bicyclic) bond motifs is 2. The quantitative estimate of drug-likeness (QED) is 0.411. The molecule has 3 rings (SSSR count). The van der Waals surface area contributed by atoms with Crippen molar-refractivity contribution in [3.8, 4) is 11.8 Å². The molecule has 3 aromatic rings. The van der Waals surface area contributed by atoms with Crippen molar-refractivity contribution in [3.63, 3.8) is 0 Å². The van der Waals surface area contributed by atoms with Crippen molar-refractivity contribution in [1.82, 2.24) is 4.90 Å². The number of ether oxygens (including phenoxy) is 1. The van der Waals surface area contributed by atoms with Crippen LogP contribution in [0.4, 0.5) is 4.79 Å². The van der Waals surface area contributed by atoms with Gasteiger partial charge in [-0.1, -0.05) is 31.8 Å². The van der Waals surface area contributed by atoms with Gasteiger partial charge in [0.15, 0.2) is 12.0 Å². The van der Waals surface area contributed by atoms with Crippen LogP contribution < -0.4 is 5.43 Å². The fourth-order valence-electron chi connectivity index (χ4n) is 3.45. The van der Waals surface area contributed by atoms with Crippen LogP contribution in [0, 0.1) is 11.8 Å². The Hall–Kier alpha value is -2.84. The molecule has 0 saturated heterocycles. The Kier molecular flexibility index (Phi) is 7.12. The van der Waals surface area contributed by atoms with E-state index < -0.39 is 0 Å². The highest BCUT2D eigenvalue weighted by molar-refractivity contribution is 7.24. The van der Waals surface area contributed by atoms with E-state index in [9.17, 15) is 9.59 Å². The SMILES string of the molecule is CCc1cc(CC)c2sc3ccc(C#CCOC(=O)N(CC)CC)cc3c(=O)c2c1. The first-order valence-electron chi connectivity index (χ1n) is 10.4. The number of nitrogens with zero attached hydrogens (tertiary/aromatic N) is 1. The molecule has 0 bridgehead atoms. The lowest BCUT2D eigenvalue weighted by Crippen LogP contribution is -2.31. The molecule has 0 radical (unpaired) electrons. The van der Waals surface area contributed by atoms with Crippen molar-refractivity contribution in [2.45, 2.75) is 40.5 Å². The fourth-order valence-corrected chi connectivity index (χ4v) is 4.66. The van der Waals surface area contributed by atoms with E-state index in [2.05, 4.69) is 31.8 Å². The summed E-state index contributed by atoms with van der Waals surface area (Å²) in [6.07, 6.45) is 1.45. The average molecular weight is 422 g/mol. The van der Waals surface area contributed by atoms with Gasteiger partial charge in [0.2, 0.25) is 0 Å². The van der Waals surface area contributed by atoms with Crippen LogP contribution in [0.1, 0.15) is 44.4 Å². The highest BCUT2D eigenvalue weighted by atomic mass is 32.1. The molecule has 0 aliphatic rings. The van der Waals surface area contributed by atoms with Crippen molar-refractivity contribution in [2.24, 2.45) is 0 Å². The molecule has 2 aromatic carbocycles. The molecule has 0 atom stereocenters. The molecule has 0 N–H and O–H groups in total. The van der Waals surface area contributed by atoms with E-state index in [-0.39, 0.29) is 18.1 Å². The Morgan fingerprint density at radius 1 is 1.03 bits per heavy atom. The Morgan fingerprint density at radius 2 is 1.80 bits per heavy atom. The lowest BCUT2D eigenvalue weighted by atomic mass is 10.0. The van der Waals surface area contributed by atoms with Crippen LogP contribution in [-0.2, 0) is 17.6 Å². The van der Waals surface area contributed by atoms with E-state index in [0.717, 1.165) is 33.2 Å². The summed E-state index contributed by atoms with van der Waals surface area (Å²) in [5.74, 6) is 5.88. The van der Waals surface area contributed by atoms with E-state index >= 15 is 0 Å². The maximum absolute atomic E-state index is 13.2. The molecule has 1 heterocycles. The normalized spacial score (nSPS) is 10.7. The van der Waals surface area contributed by atoms with Gasteiger partial charge in [0.05, 0.1) is 0 Å². The van der Waals surface area contributed by atoms with Gasteiger partial charge in [0.25, 0.3) is 0 Å². The molecular formula is C25H27NO3S. The number of carbonyl (C=O) groups excluding carboxylic acids is 1. The first kappa shape index (κ1) is 21.9. The molecule has 0 aliphatic heterocycles. The predicted molar refractivity (Wildman–Crippen MR) is 126 cm³/mol. The monoisotopic (exact) mass is 421 g/mol. The summed E-state index contributed by atoms with van der Waals surface area (Å²) in [5, 5.41) is 1.48. The smallest absolute Gasteiger partial charge is 0.410 e. The van der Waals surface area contributed by atoms with Gasteiger partial charge >= 0.3 is 6.09 Å². The largest absolute Gasteiger partial charge is 0.436 e. The summed E-state index contributed by atoms with van der Waals surface area (Å²) in [6.45, 7) is 9.28. The van der Waals surface area contributed by atoms with Gasteiger partial charge in [-0.25, -0.2) is 4.79 Å².